The lowest BCUT2D eigenvalue weighted by Crippen LogP contribution is -2.22. The van der Waals surface area contributed by atoms with Crippen LogP contribution >= 0.6 is 23.2 Å². The van der Waals surface area contributed by atoms with Gasteiger partial charge in [-0.15, -0.1) is 0 Å². The molecule has 0 aliphatic carbocycles. The molecule has 0 unspecified atom stereocenters. The molecule has 2 aromatic rings. The molecule has 0 spiro atoms. The average molecular weight is 389 g/mol. The van der Waals surface area contributed by atoms with E-state index in [1.165, 1.54) is 6.20 Å². The summed E-state index contributed by atoms with van der Waals surface area (Å²) >= 11 is 12.4. The molecule has 0 fully saturated rings. The highest BCUT2D eigenvalue weighted by Gasteiger charge is 2.21. The lowest BCUT2D eigenvalue weighted by atomic mass is 10.3. The highest BCUT2D eigenvalue weighted by molar-refractivity contribution is 6.76. The zero-order chi connectivity index (χ0) is 17.9. The smallest absolute Gasteiger partial charge is 0.355 e. The molecule has 0 amide bonds. The quantitative estimate of drug-likeness (QED) is 0.295. The maximum Gasteiger partial charge on any atom is 0.355 e. The van der Waals surface area contributed by atoms with Gasteiger partial charge < -0.3 is 14.0 Å². The third-order valence-electron chi connectivity index (χ3n) is 3.54. The molecule has 0 atom stereocenters. The van der Waals surface area contributed by atoms with Gasteiger partial charge in [0.1, 0.15) is 12.4 Å². The summed E-state index contributed by atoms with van der Waals surface area (Å²) in [5.41, 5.74) is 0.942. The Bertz CT molecular complexity index is 741. The SMILES string of the molecule is CCOC(=O)c1cc2c(Cl)cnc(Cl)c2n1COCC[Si](C)(C)C. The van der Waals surface area contributed by atoms with Gasteiger partial charge in [-0.05, 0) is 19.0 Å². The van der Waals surface area contributed by atoms with Crippen molar-refractivity contribution in [2.24, 2.45) is 0 Å². The molecule has 0 saturated carbocycles. The Balaban J connectivity index is 2.35. The van der Waals surface area contributed by atoms with Crippen LogP contribution in [0.15, 0.2) is 12.3 Å². The van der Waals surface area contributed by atoms with Crippen LogP contribution in [0.2, 0.25) is 35.9 Å². The molecule has 0 radical (unpaired) electrons. The second-order valence-corrected chi connectivity index (χ2v) is 13.1. The number of halogens is 2. The van der Waals surface area contributed by atoms with Gasteiger partial charge in [0.15, 0.2) is 5.15 Å². The predicted molar refractivity (Wildman–Crippen MR) is 99.8 cm³/mol. The first-order valence-corrected chi connectivity index (χ1v) is 12.3. The minimum Gasteiger partial charge on any atom is -0.461 e. The van der Waals surface area contributed by atoms with Gasteiger partial charge in [-0.25, -0.2) is 9.78 Å². The van der Waals surface area contributed by atoms with E-state index in [-0.39, 0.29) is 18.5 Å². The van der Waals surface area contributed by atoms with Crippen LogP contribution in [0, 0.1) is 0 Å². The molecule has 2 rings (SSSR count). The van der Waals surface area contributed by atoms with Crippen LogP contribution in [0.5, 0.6) is 0 Å². The second-order valence-electron chi connectivity index (χ2n) is 6.69. The Labute approximate surface area is 152 Å². The fourth-order valence-corrected chi connectivity index (χ4v) is 3.44. The van der Waals surface area contributed by atoms with Crippen molar-refractivity contribution in [2.45, 2.75) is 39.3 Å². The molecular formula is C16H22Cl2N2O3Si. The summed E-state index contributed by atoms with van der Waals surface area (Å²) < 4.78 is 12.6. The summed E-state index contributed by atoms with van der Waals surface area (Å²) in [5, 5.41) is 1.37. The van der Waals surface area contributed by atoms with Crippen molar-refractivity contribution in [1.82, 2.24) is 9.55 Å². The third kappa shape index (κ3) is 4.50. The Hall–Kier alpha value is -1.08. The van der Waals surface area contributed by atoms with Crippen molar-refractivity contribution in [3.8, 4) is 0 Å². The molecule has 0 N–H and O–H groups in total. The molecular weight excluding hydrogens is 367 g/mol. The van der Waals surface area contributed by atoms with Crippen LogP contribution in [-0.2, 0) is 16.2 Å². The minimum absolute atomic E-state index is 0.198. The van der Waals surface area contributed by atoms with E-state index >= 15 is 0 Å². The Morgan fingerprint density at radius 2 is 2.04 bits per heavy atom. The molecule has 0 aliphatic heterocycles. The van der Waals surface area contributed by atoms with Gasteiger partial charge in [0.25, 0.3) is 0 Å². The summed E-state index contributed by atoms with van der Waals surface area (Å²) in [4.78, 5) is 16.3. The Kier molecular flexibility index (Phi) is 6.31. The summed E-state index contributed by atoms with van der Waals surface area (Å²) in [7, 11) is -1.19. The summed E-state index contributed by atoms with van der Waals surface area (Å²) in [6, 6.07) is 2.71. The second kappa shape index (κ2) is 7.87. The molecule has 0 aromatic carbocycles. The number of pyridine rings is 1. The largest absolute Gasteiger partial charge is 0.461 e. The van der Waals surface area contributed by atoms with Crippen LogP contribution in [0.1, 0.15) is 17.4 Å². The number of rotatable bonds is 7. The topological polar surface area (TPSA) is 53.3 Å². The standard InChI is InChI=1S/C16H22Cl2N2O3Si/c1-5-23-16(21)13-8-11-12(17)9-19-15(18)14(11)20(13)10-22-6-7-24(2,3)4/h8-9H,5-7,10H2,1-4H3. The number of hydrogen-bond acceptors (Lipinski definition) is 4. The number of fused-ring (bicyclic) bond motifs is 1. The maximum atomic E-state index is 12.3. The van der Waals surface area contributed by atoms with E-state index in [1.54, 1.807) is 17.6 Å². The van der Waals surface area contributed by atoms with Gasteiger partial charge in [-0.2, -0.15) is 0 Å². The van der Waals surface area contributed by atoms with Gasteiger partial charge >= 0.3 is 5.97 Å². The van der Waals surface area contributed by atoms with Crippen LogP contribution in [0.25, 0.3) is 10.9 Å². The normalized spacial score (nSPS) is 11.9. The van der Waals surface area contributed by atoms with Gasteiger partial charge in [0.05, 0.1) is 17.1 Å². The maximum absolute atomic E-state index is 12.3. The molecule has 0 bridgehead atoms. The van der Waals surface area contributed by atoms with Gasteiger partial charge in [-0.1, -0.05) is 42.8 Å². The molecule has 8 heteroatoms. The summed E-state index contributed by atoms with van der Waals surface area (Å²) in [6.07, 6.45) is 1.47. The van der Waals surface area contributed by atoms with E-state index in [0.29, 0.717) is 28.2 Å². The fourth-order valence-electron chi connectivity index (χ4n) is 2.24. The molecule has 5 nitrogen and oxygen atoms in total. The zero-order valence-corrected chi connectivity index (χ0v) is 16.9. The Morgan fingerprint density at radius 3 is 2.67 bits per heavy atom. The number of esters is 1. The first kappa shape index (κ1) is 19.2. The molecule has 2 heterocycles. The van der Waals surface area contributed by atoms with Crippen LogP contribution in [0.4, 0.5) is 0 Å². The lowest BCUT2D eigenvalue weighted by molar-refractivity contribution is 0.0478. The van der Waals surface area contributed by atoms with Crippen molar-refractivity contribution in [2.75, 3.05) is 13.2 Å². The van der Waals surface area contributed by atoms with E-state index in [4.69, 9.17) is 32.7 Å². The molecule has 0 saturated heterocycles. The first-order chi connectivity index (χ1) is 11.2. The molecule has 0 aliphatic rings. The molecule has 24 heavy (non-hydrogen) atoms. The summed E-state index contributed by atoms with van der Waals surface area (Å²) in [5.74, 6) is -0.436. The van der Waals surface area contributed by atoms with Crippen molar-refractivity contribution >= 4 is 48.1 Å². The highest BCUT2D eigenvalue weighted by atomic mass is 35.5. The van der Waals surface area contributed by atoms with Crippen molar-refractivity contribution < 1.29 is 14.3 Å². The Morgan fingerprint density at radius 1 is 1.33 bits per heavy atom. The number of aromatic nitrogens is 2. The van der Waals surface area contributed by atoms with Crippen LogP contribution in [-0.4, -0.2) is 36.8 Å². The first-order valence-electron chi connectivity index (χ1n) is 7.82. The zero-order valence-electron chi connectivity index (χ0n) is 14.4. The summed E-state index contributed by atoms with van der Waals surface area (Å²) in [6.45, 7) is 9.73. The van der Waals surface area contributed by atoms with Crippen molar-refractivity contribution in [1.29, 1.82) is 0 Å². The van der Waals surface area contributed by atoms with Crippen LogP contribution < -0.4 is 0 Å². The van der Waals surface area contributed by atoms with Gasteiger partial charge in [0.2, 0.25) is 0 Å². The highest BCUT2D eigenvalue weighted by Crippen LogP contribution is 2.31. The number of hydrogen-bond donors (Lipinski definition) is 0. The minimum atomic E-state index is -1.19. The van der Waals surface area contributed by atoms with E-state index in [1.807, 2.05) is 0 Å². The fraction of sp³-hybridized carbons (Fsp3) is 0.500. The van der Waals surface area contributed by atoms with Crippen molar-refractivity contribution in [3.05, 3.63) is 28.1 Å². The molecule has 132 valence electrons. The number of carbonyl (C=O) groups is 1. The number of ether oxygens (including phenoxy) is 2. The van der Waals surface area contributed by atoms with E-state index in [0.717, 1.165) is 6.04 Å². The van der Waals surface area contributed by atoms with E-state index < -0.39 is 14.0 Å². The molecule has 2 aromatic heterocycles. The monoisotopic (exact) mass is 388 g/mol. The number of nitrogens with zero attached hydrogens (tertiary/aromatic N) is 2. The third-order valence-corrected chi connectivity index (χ3v) is 5.82. The van der Waals surface area contributed by atoms with E-state index in [2.05, 4.69) is 24.6 Å². The van der Waals surface area contributed by atoms with Gasteiger partial charge in [-0.3, -0.25) is 0 Å². The predicted octanol–water partition coefficient (Wildman–Crippen LogP) is 4.83. The average Bonchev–Trinajstić information content (AvgIpc) is 2.88. The van der Waals surface area contributed by atoms with E-state index in [9.17, 15) is 4.79 Å². The van der Waals surface area contributed by atoms with Crippen LogP contribution in [0.3, 0.4) is 0 Å². The lowest BCUT2D eigenvalue weighted by Gasteiger charge is -2.16. The van der Waals surface area contributed by atoms with Crippen molar-refractivity contribution in [3.63, 3.8) is 0 Å². The number of carbonyl (C=O) groups excluding carboxylic acids is 1. The van der Waals surface area contributed by atoms with Gasteiger partial charge in [0, 0.05) is 26.3 Å².